The predicted molar refractivity (Wildman–Crippen MR) is 77.2 cm³/mol. The van der Waals surface area contributed by atoms with Crippen LogP contribution in [0.2, 0.25) is 0 Å². The van der Waals surface area contributed by atoms with E-state index in [9.17, 15) is 9.90 Å². The molecule has 1 unspecified atom stereocenters. The van der Waals surface area contributed by atoms with Crippen molar-refractivity contribution in [3.8, 4) is 5.75 Å². The maximum Gasteiger partial charge on any atom is 0.257 e. The van der Waals surface area contributed by atoms with Gasteiger partial charge in [-0.1, -0.05) is 18.2 Å². The first kappa shape index (κ1) is 12.4. The van der Waals surface area contributed by atoms with Crippen molar-refractivity contribution in [1.29, 1.82) is 0 Å². The van der Waals surface area contributed by atoms with Gasteiger partial charge in [0.05, 0.1) is 7.11 Å². The van der Waals surface area contributed by atoms with Crippen LogP contribution in [-0.4, -0.2) is 29.6 Å². The van der Waals surface area contributed by atoms with Crippen LogP contribution >= 0.6 is 0 Å². The largest absolute Gasteiger partial charge is 0.497 e. The molecule has 2 aromatic rings. The van der Waals surface area contributed by atoms with Gasteiger partial charge in [0.15, 0.2) is 5.72 Å². The van der Waals surface area contributed by atoms with Gasteiger partial charge in [-0.25, -0.2) is 0 Å². The number of nitrogens with zero attached hydrogens (tertiary/aromatic N) is 1. The quantitative estimate of drug-likeness (QED) is 0.868. The van der Waals surface area contributed by atoms with Crippen molar-refractivity contribution < 1.29 is 14.6 Å². The van der Waals surface area contributed by atoms with E-state index in [4.69, 9.17) is 4.74 Å². The molecule has 2 aliphatic rings. The second-order valence-corrected chi connectivity index (χ2v) is 5.45. The Bertz CT molecular complexity index is 755. The van der Waals surface area contributed by atoms with Crippen LogP contribution in [0.25, 0.3) is 0 Å². The molecule has 2 heterocycles. The summed E-state index contributed by atoms with van der Waals surface area (Å²) in [7, 11) is 1.62. The van der Waals surface area contributed by atoms with E-state index in [1.807, 2.05) is 36.4 Å². The van der Waals surface area contributed by atoms with Gasteiger partial charge in [-0.2, -0.15) is 0 Å². The highest BCUT2D eigenvalue weighted by atomic mass is 16.5. The summed E-state index contributed by atoms with van der Waals surface area (Å²) in [6.07, 6.45) is 0.717. The molecule has 1 atom stereocenters. The van der Waals surface area contributed by atoms with E-state index in [-0.39, 0.29) is 5.91 Å². The van der Waals surface area contributed by atoms with Gasteiger partial charge in [-0.3, -0.25) is 4.79 Å². The Kier molecular flexibility index (Phi) is 2.41. The molecule has 0 aliphatic carbocycles. The lowest BCUT2D eigenvalue weighted by molar-refractivity contribution is -0.0563. The third-order valence-electron chi connectivity index (χ3n) is 4.46. The first-order valence-electron chi connectivity index (χ1n) is 6.97. The molecule has 21 heavy (non-hydrogen) atoms. The maximum absolute atomic E-state index is 12.5. The van der Waals surface area contributed by atoms with Crippen molar-refractivity contribution in [2.75, 3.05) is 13.7 Å². The minimum atomic E-state index is -1.35. The normalized spacial score (nSPS) is 22.6. The number of benzene rings is 2. The second-order valence-electron chi connectivity index (χ2n) is 5.45. The number of hydrogen-bond acceptors (Lipinski definition) is 3. The van der Waals surface area contributed by atoms with Crippen LogP contribution in [0.4, 0.5) is 0 Å². The SMILES string of the molecule is COc1ccc2c(c1)CCN1C(=O)c3ccccc3C21O. The summed E-state index contributed by atoms with van der Waals surface area (Å²) >= 11 is 0. The van der Waals surface area contributed by atoms with Gasteiger partial charge < -0.3 is 14.7 Å². The molecule has 0 radical (unpaired) electrons. The van der Waals surface area contributed by atoms with Gasteiger partial charge in [-0.15, -0.1) is 0 Å². The average Bonchev–Trinajstić information content (AvgIpc) is 2.76. The minimum Gasteiger partial charge on any atom is -0.497 e. The van der Waals surface area contributed by atoms with Crippen molar-refractivity contribution >= 4 is 5.91 Å². The average molecular weight is 281 g/mol. The van der Waals surface area contributed by atoms with E-state index in [0.717, 1.165) is 16.9 Å². The number of ether oxygens (including phenoxy) is 1. The monoisotopic (exact) mass is 281 g/mol. The van der Waals surface area contributed by atoms with Gasteiger partial charge >= 0.3 is 0 Å². The van der Waals surface area contributed by atoms with Crippen LogP contribution in [0.3, 0.4) is 0 Å². The molecular formula is C17H15NO3. The number of aliphatic hydroxyl groups is 1. The second kappa shape index (κ2) is 4.09. The van der Waals surface area contributed by atoms with Crippen LogP contribution in [0.1, 0.15) is 27.0 Å². The standard InChI is InChI=1S/C17H15NO3/c1-21-12-6-7-14-11(10-12)8-9-18-16(19)13-4-2-3-5-15(13)17(14,18)20/h2-7,10,20H,8-9H2,1H3. The summed E-state index contributed by atoms with van der Waals surface area (Å²) in [5.74, 6) is 0.665. The van der Waals surface area contributed by atoms with Crippen LogP contribution < -0.4 is 4.74 Å². The minimum absolute atomic E-state index is 0.102. The number of fused-ring (bicyclic) bond motifs is 5. The number of amides is 1. The Balaban J connectivity index is 1.98. The number of rotatable bonds is 1. The molecule has 0 fully saturated rings. The summed E-state index contributed by atoms with van der Waals surface area (Å²) < 4.78 is 5.25. The van der Waals surface area contributed by atoms with E-state index in [2.05, 4.69) is 0 Å². The molecule has 4 nitrogen and oxygen atoms in total. The third kappa shape index (κ3) is 1.45. The lowest BCUT2D eigenvalue weighted by Crippen LogP contribution is -2.49. The molecular weight excluding hydrogens is 266 g/mol. The van der Waals surface area contributed by atoms with Crippen LogP contribution in [0.15, 0.2) is 42.5 Å². The van der Waals surface area contributed by atoms with Crippen molar-refractivity contribution in [1.82, 2.24) is 4.90 Å². The third-order valence-corrected chi connectivity index (χ3v) is 4.46. The Morgan fingerprint density at radius 3 is 2.81 bits per heavy atom. The van der Waals surface area contributed by atoms with Crippen molar-refractivity contribution in [2.24, 2.45) is 0 Å². The molecule has 4 heteroatoms. The van der Waals surface area contributed by atoms with Crippen molar-refractivity contribution in [3.63, 3.8) is 0 Å². The Morgan fingerprint density at radius 2 is 2.00 bits per heavy atom. The lowest BCUT2D eigenvalue weighted by atomic mass is 9.86. The van der Waals surface area contributed by atoms with Crippen LogP contribution in [0.5, 0.6) is 5.75 Å². The zero-order valence-electron chi connectivity index (χ0n) is 11.7. The zero-order valence-corrected chi connectivity index (χ0v) is 11.7. The van der Waals surface area contributed by atoms with Crippen LogP contribution in [0, 0.1) is 0 Å². The summed E-state index contributed by atoms with van der Waals surface area (Å²) in [4.78, 5) is 14.1. The Labute approximate surface area is 122 Å². The molecule has 106 valence electrons. The molecule has 0 saturated heterocycles. The zero-order chi connectivity index (χ0) is 14.6. The number of carbonyl (C=O) groups excluding carboxylic acids is 1. The van der Waals surface area contributed by atoms with Gasteiger partial charge in [-0.05, 0) is 36.2 Å². The van der Waals surface area contributed by atoms with Crippen molar-refractivity contribution in [2.45, 2.75) is 12.1 Å². The highest BCUT2D eigenvalue weighted by molar-refractivity contribution is 6.00. The lowest BCUT2D eigenvalue weighted by Gasteiger charge is -2.40. The topological polar surface area (TPSA) is 49.8 Å². The fraction of sp³-hybridized carbons (Fsp3) is 0.235. The van der Waals surface area contributed by atoms with E-state index >= 15 is 0 Å². The van der Waals surface area contributed by atoms with Gasteiger partial charge in [0.2, 0.25) is 0 Å². The summed E-state index contributed by atoms with van der Waals surface area (Å²) in [6, 6.07) is 12.9. The van der Waals surface area contributed by atoms with E-state index in [0.29, 0.717) is 24.1 Å². The highest BCUT2D eigenvalue weighted by Crippen LogP contribution is 2.46. The van der Waals surface area contributed by atoms with E-state index < -0.39 is 5.72 Å². The maximum atomic E-state index is 12.5. The number of carbonyl (C=O) groups is 1. The molecule has 0 spiro atoms. The molecule has 0 aromatic heterocycles. The smallest absolute Gasteiger partial charge is 0.257 e. The summed E-state index contributed by atoms with van der Waals surface area (Å²) in [5.41, 5.74) is 1.70. The first-order valence-corrected chi connectivity index (χ1v) is 6.97. The number of methoxy groups -OCH3 is 1. The fourth-order valence-electron chi connectivity index (χ4n) is 3.44. The molecule has 0 bridgehead atoms. The molecule has 2 aliphatic heterocycles. The van der Waals surface area contributed by atoms with Gasteiger partial charge in [0.1, 0.15) is 5.75 Å². The van der Waals surface area contributed by atoms with Gasteiger partial charge in [0, 0.05) is 23.2 Å². The van der Waals surface area contributed by atoms with E-state index in [1.54, 1.807) is 18.1 Å². The van der Waals surface area contributed by atoms with Gasteiger partial charge in [0.25, 0.3) is 5.91 Å². The van der Waals surface area contributed by atoms with Crippen LogP contribution in [-0.2, 0) is 12.1 Å². The molecule has 1 N–H and O–H groups in total. The fourth-order valence-corrected chi connectivity index (χ4v) is 3.44. The summed E-state index contributed by atoms with van der Waals surface area (Å²) in [6.45, 7) is 0.504. The van der Waals surface area contributed by atoms with E-state index in [1.165, 1.54) is 0 Å². The molecule has 0 saturated carbocycles. The summed E-state index contributed by atoms with van der Waals surface area (Å²) in [5, 5.41) is 11.3. The Hall–Kier alpha value is -2.33. The highest BCUT2D eigenvalue weighted by Gasteiger charge is 2.52. The molecule has 4 rings (SSSR count). The number of hydrogen-bond donors (Lipinski definition) is 1. The molecule has 1 amide bonds. The predicted octanol–water partition coefficient (Wildman–Crippen LogP) is 1.90. The Morgan fingerprint density at radius 1 is 1.19 bits per heavy atom. The molecule has 2 aromatic carbocycles. The first-order chi connectivity index (χ1) is 10.2. The van der Waals surface area contributed by atoms with Crippen molar-refractivity contribution in [3.05, 3.63) is 64.7 Å².